The van der Waals surface area contributed by atoms with Gasteiger partial charge in [-0.2, -0.15) is 0 Å². The zero-order valence-electron chi connectivity index (χ0n) is 9.04. The first-order valence-electron chi connectivity index (χ1n) is 6.05. The summed E-state index contributed by atoms with van der Waals surface area (Å²) in [7, 11) is 0. The van der Waals surface area contributed by atoms with E-state index in [9.17, 15) is 0 Å². The fraction of sp³-hybridized carbons (Fsp3) is 1.00. The van der Waals surface area contributed by atoms with E-state index in [0.717, 1.165) is 18.5 Å². The van der Waals surface area contributed by atoms with Crippen LogP contribution >= 0.6 is 0 Å². The average Bonchev–Trinajstić information content (AvgIpc) is 2.30. The fourth-order valence-corrected chi connectivity index (χ4v) is 2.70. The third-order valence-corrected chi connectivity index (χ3v) is 3.77. The zero-order chi connectivity index (χ0) is 9.80. The quantitative estimate of drug-likeness (QED) is 0.674. The van der Waals surface area contributed by atoms with E-state index in [2.05, 4.69) is 10.2 Å². The lowest BCUT2D eigenvalue weighted by atomic mass is 9.94. The van der Waals surface area contributed by atoms with Crippen LogP contribution in [-0.2, 0) is 0 Å². The van der Waals surface area contributed by atoms with Crippen LogP contribution in [0.25, 0.3) is 0 Å². The van der Waals surface area contributed by atoms with Crippen molar-refractivity contribution >= 4 is 0 Å². The first-order chi connectivity index (χ1) is 6.90. The molecule has 3 heteroatoms. The highest BCUT2D eigenvalue weighted by Gasteiger charge is 2.25. The van der Waals surface area contributed by atoms with Gasteiger partial charge in [0.1, 0.15) is 0 Å². The van der Waals surface area contributed by atoms with Gasteiger partial charge in [0.25, 0.3) is 0 Å². The van der Waals surface area contributed by atoms with Crippen LogP contribution in [0.5, 0.6) is 0 Å². The second kappa shape index (κ2) is 5.10. The van der Waals surface area contributed by atoms with Crippen molar-refractivity contribution in [2.45, 2.75) is 31.7 Å². The molecule has 14 heavy (non-hydrogen) atoms. The smallest absolute Gasteiger partial charge is 0.0221 e. The molecule has 0 aromatic heterocycles. The molecule has 1 unspecified atom stereocenters. The van der Waals surface area contributed by atoms with Crippen LogP contribution in [0.2, 0.25) is 0 Å². The first-order valence-corrected chi connectivity index (χ1v) is 6.05. The molecule has 2 aliphatic rings. The largest absolute Gasteiger partial charge is 0.330 e. The van der Waals surface area contributed by atoms with Crippen LogP contribution in [0.3, 0.4) is 0 Å². The standard InChI is InChI=1S/C11H23N3/c12-8-10-3-6-14(7-4-10)11-2-1-5-13-9-11/h10-11,13H,1-9,12H2. The van der Waals surface area contributed by atoms with Gasteiger partial charge >= 0.3 is 0 Å². The Morgan fingerprint density at radius 3 is 2.57 bits per heavy atom. The Morgan fingerprint density at radius 1 is 1.21 bits per heavy atom. The van der Waals surface area contributed by atoms with Gasteiger partial charge in [0.05, 0.1) is 0 Å². The van der Waals surface area contributed by atoms with Crippen molar-refractivity contribution in [3.8, 4) is 0 Å². The van der Waals surface area contributed by atoms with Gasteiger partial charge in [-0.1, -0.05) is 0 Å². The highest BCUT2D eigenvalue weighted by molar-refractivity contribution is 4.82. The Balaban J connectivity index is 1.76. The van der Waals surface area contributed by atoms with Crippen LogP contribution in [0.15, 0.2) is 0 Å². The van der Waals surface area contributed by atoms with E-state index in [1.807, 2.05) is 0 Å². The second-order valence-corrected chi connectivity index (χ2v) is 4.72. The molecule has 2 heterocycles. The molecule has 0 saturated carbocycles. The van der Waals surface area contributed by atoms with Crippen molar-refractivity contribution < 1.29 is 0 Å². The minimum Gasteiger partial charge on any atom is -0.330 e. The number of nitrogens with zero attached hydrogens (tertiary/aromatic N) is 1. The predicted molar refractivity (Wildman–Crippen MR) is 59.2 cm³/mol. The molecule has 2 saturated heterocycles. The molecule has 0 aromatic carbocycles. The van der Waals surface area contributed by atoms with E-state index in [1.54, 1.807) is 0 Å². The number of likely N-dealkylation sites (tertiary alicyclic amines) is 1. The van der Waals surface area contributed by atoms with E-state index in [0.29, 0.717) is 0 Å². The number of rotatable bonds is 2. The molecule has 3 nitrogen and oxygen atoms in total. The molecule has 2 fully saturated rings. The Bertz CT molecular complexity index is 158. The molecule has 0 aromatic rings. The summed E-state index contributed by atoms with van der Waals surface area (Å²) in [5.74, 6) is 0.794. The summed E-state index contributed by atoms with van der Waals surface area (Å²) in [5.41, 5.74) is 5.70. The molecule has 0 aliphatic carbocycles. The molecule has 2 aliphatic heterocycles. The lowest BCUT2D eigenvalue weighted by molar-refractivity contribution is 0.116. The Kier molecular flexibility index (Phi) is 3.79. The molecular formula is C11H23N3. The number of piperidine rings is 2. The Hall–Kier alpha value is -0.120. The van der Waals surface area contributed by atoms with Crippen LogP contribution in [0.1, 0.15) is 25.7 Å². The van der Waals surface area contributed by atoms with Gasteiger partial charge < -0.3 is 11.1 Å². The van der Waals surface area contributed by atoms with Gasteiger partial charge in [-0.3, -0.25) is 4.90 Å². The number of nitrogens with one attached hydrogen (secondary N) is 1. The van der Waals surface area contributed by atoms with E-state index in [1.165, 1.54) is 51.9 Å². The highest BCUT2D eigenvalue weighted by Crippen LogP contribution is 2.20. The summed E-state index contributed by atoms with van der Waals surface area (Å²) in [6, 6.07) is 0.808. The minimum absolute atomic E-state index is 0.794. The summed E-state index contributed by atoms with van der Waals surface area (Å²) in [4.78, 5) is 2.66. The van der Waals surface area contributed by atoms with Crippen molar-refractivity contribution in [3.05, 3.63) is 0 Å². The summed E-state index contributed by atoms with van der Waals surface area (Å²) < 4.78 is 0. The maximum Gasteiger partial charge on any atom is 0.0221 e. The summed E-state index contributed by atoms with van der Waals surface area (Å²) in [6.07, 6.45) is 5.36. The molecule has 2 rings (SSSR count). The minimum atomic E-state index is 0.794. The van der Waals surface area contributed by atoms with Crippen molar-refractivity contribution in [1.29, 1.82) is 0 Å². The molecular weight excluding hydrogens is 174 g/mol. The fourth-order valence-electron chi connectivity index (χ4n) is 2.70. The molecule has 3 N–H and O–H groups in total. The van der Waals surface area contributed by atoms with E-state index in [4.69, 9.17) is 5.73 Å². The Labute approximate surface area is 87.0 Å². The van der Waals surface area contributed by atoms with Gasteiger partial charge in [-0.05, 0) is 57.8 Å². The van der Waals surface area contributed by atoms with Gasteiger partial charge in [-0.25, -0.2) is 0 Å². The van der Waals surface area contributed by atoms with Crippen LogP contribution in [0, 0.1) is 5.92 Å². The second-order valence-electron chi connectivity index (χ2n) is 4.72. The van der Waals surface area contributed by atoms with Crippen molar-refractivity contribution in [2.24, 2.45) is 11.7 Å². The molecule has 0 spiro atoms. The van der Waals surface area contributed by atoms with Crippen molar-refractivity contribution in [3.63, 3.8) is 0 Å². The van der Waals surface area contributed by atoms with Gasteiger partial charge in [0.2, 0.25) is 0 Å². The Morgan fingerprint density at radius 2 is 2.00 bits per heavy atom. The van der Waals surface area contributed by atoms with E-state index >= 15 is 0 Å². The monoisotopic (exact) mass is 197 g/mol. The third kappa shape index (κ3) is 2.47. The van der Waals surface area contributed by atoms with Crippen LogP contribution in [0.4, 0.5) is 0 Å². The lowest BCUT2D eigenvalue weighted by Gasteiger charge is -2.39. The molecule has 82 valence electrons. The van der Waals surface area contributed by atoms with Gasteiger partial charge in [0, 0.05) is 12.6 Å². The zero-order valence-corrected chi connectivity index (χ0v) is 9.04. The highest BCUT2D eigenvalue weighted by atomic mass is 15.2. The van der Waals surface area contributed by atoms with Crippen molar-refractivity contribution in [2.75, 3.05) is 32.7 Å². The SMILES string of the molecule is NCC1CCN(C2CCCNC2)CC1. The first kappa shape index (κ1) is 10.4. The average molecular weight is 197 g/mol. The van der Waals surface area contributed by atoms with Gasteiger partial charge in [0.15, 0.2) is 0 Å². The van der Waals surface area contributed by atoms with E-state index < -0.39 is 0 Å². The predicted octanol–water partition coefficient (Wildman–Crippen LogP) is 0.409. The van der Waals surface area contributed by atoms with Crippen LogP contribution in [-0.4, -0.2) is 43.7 Å². The number of hydrogen-bond acceptors (Lipinski definition) is 3. The third-order valence-electron chi connectivity index (χ3n) is 3.77. The lowest BCUT2D eigenvalue weighted by Crippen LogP contribution is -2.49. The number of nitrogens with two attached hydrogens (primary N) is 1. The molecule has 0 bridgehead atoms. The molecule has 0 amide bonds. The van der Waals surface area contributed by atoms with E-state index in [-0.39, 0.29) is 0 Å². The molecule has 0 radical (unpaired) electrons. The van der Waals surface area contributed by atoms with Crippen molar-refractivity contribution in [1.82, 2.24) is 10.2 Å². The van der Waals surface area contributed by atoms with Crippen LogP contribution < -0.4 is 11.1 Å². The summed E-state index contributed by atoms with van der Waals surface area (Å²) >= 11 is 0. The summed E-state index contributed by atoms with van der Waals surface area (Å²) in [5, 5.41) is 3.49. The topological polar surface area (TPSA) is 41.3 Å². The maximum atomic E-state index is 5.70. The normalized spacial score (nSPS) is 31.9. The maximum absolute atomic E-state index is 5.70. The summed E-state index contributed by atoms with van der Waals surface area (Å²) in [6.45, 7) is 5.85. The molecule has 1 atom stereocenters. The van der Waals surface area contributed by atoms with Gasteiger partial charge in [-0.15, -0.1) is 0 Å². The number of hydrogen-bond donors (Lipinski definition) is 2.